The van der Waals surface area contributed by atoms with E-state index in [1.807, 2.05) is 0 Å². The monoisotopic (exact) mass is 254 g/mol. The number of halogens is 3. The van der Waals surface area contributed by atoms with Gasteiger partial charge in [-0.3, -0.25) is 14.9 Å². The van der Waals surface area contributed by atoms with E-state index in [1.54, 1.807) is 5.10 Å². The molecule has 1 aromatic heterocycles. The summed E-state index contributed by atoms with van der Waals surface area (Å²) in [7, 11) is 0. The minimum absolute atomic E-state index is 0.339. The average molecular weight is 254 g/mol. The molecule has 0 bridgehead atoms. The van der Waals surface area contributed by atoms with Gasteiger partial charge in [0.05, 0.1) is 0 Å². The molecule has 0 atom stereocenters. The van der Waals surface area contributed by atoms with Crippen molar-refractivity contribution in [3.05, 3.63) is 10.5 Å². The Morgan fingerprint density at radius 1 is 1.47 bits per heavy atom. The number of anilines is 1. The van der Waals surface area contributed by atoms with Gasteiger partial charge in [-0.15, -0.1) is 5.10 Å². The predicted molar refractivity (Wildman–Crippen MR) is 45.2 cm³/mol. The molecule has 1 aromatic rings. The highest BCUT2D eigenvalue weighted by Crippen LogP contribution is 2.16. The number of aliphatic carboxylic acids is 1. The van der Waals surface area contributed by atoms with Gasteiger partial charge in [-0.1, -0.05) is 0 Å². The summed E-state index contributed by atoms with van der Waals surface area (Å²) in [6, 6.07) is 0. The summed E-state index contributed by atoms with van der Waals surface area (Å²) in [6.45, 7) is -0.928. The predicted octanol–water partition coefficient (Wildman–Crippen LogP) is -0.843. The number of carboxylic acids is 1. The summed E-state index contributed by atoms with van der Waals surface area (Å²) in [5.74, 6) is -4.65. The highest BCUT2D eigenvalue weighted by molar-refractivity contribution is 5.93. The van der Waals surface area contributed by atoms with Crippen LogP contribution in [0, 0.1) is 0 Å². The van der Waals surface area contributed by atoms with E-state index < -0.39 is 36.2 Å². The van der Waals surface area contributed by atoms with Crippen molar-refractivity contribution in [2.45, 2.75) is 12.7 Å². The van der Waals surface area contributed by atoms with Crippen molar-refractivity contribution < 1.29 is 27.9 Å². The molecule has 0 aromatic carbocycles. The minimum atomic E-state index is -5.16. The summed E-state index contributed by atoms with van der Waals surface area (Å²) in [6.07, 6.45) is -5.16. The van der Waals surface area contributed by atoms with E-state index in [-0.39, 0.29) is 0 Å². The molecule has 94 valence electrons. The third-order valence-electron chi connectivity index (χ3n) is 1.53. The van der Waals surface area contributed by atoms with Gasteiger partial charge in [0.1, 0.15) is 6.54 Å². The average Bonchev–Trinajstić information content (AvgIpc) is 2.47. The highest BCUT2D eigenvalue weighted by atomic mass is 19.4. The Labute approximate surface area is 90.0 Å². The maximum absolute atomic E-state index is 11.9. The van der Waals surface area contributed by atoms with Gasteiger partial charge in [-0.25, -0.2) is 14.5 Å². The third-order valence-corrected chi connectivity index (χ3v) is 1.53. The fourth-order valence-corrected chi connectivity index (χ4v) is 0.867. The first-order valence-corrected chi connectivity index (χ1v) is 3.97. The maximum atomic E-state index is 11.9. The van der Waals surface area contributed by atoms with E-state index in [0.29, 0.717) is 4.57 Å². The van der Waals surface area contributed by atoms with Crippen LogP contribution in [-0.2, 0) is 16.1 Å². The van der Waals surface area contributed by atoms with Gasteiger partial charge in [0.25, 0.3) is 0 Å². The Balaban J connectivity index is 2.96. The number of rotatable bonds is 3. The van der Waals surface area contributed by atoms with E-state index in [9.17, 15) is 27.6 Å². The molecule has 0 aliphatic heterocycles. The fourth-order valence-electron chi connectivity index (χ4n) is 0.867. The van der Waals surface area contributed by atoms with Crippen molar-refractivity contribution in [2.75, 3.05) is 5.32 Å². The van der Waals surface area contributed by atoms with Crippen molar-refractivity contribution in [1.82, 2.24) is 14.8 Å². The van der Waals surface area contributed by atoms with Crippen molar-refractivity contribution in [3.8, 4) is 0 Å². The first-order valence-electron chi connectivity index (χ1n) is 3.97. The number of hydrogen-bond donors (Lipinski definition) is 3. The van der Waals surface area contributed by atoms with Crippen LogP contribution in [0.1, 0.15) is 0 Å². The molecule has 0 aliphatic rings. The SMILES string of the molecule is O=C(O)Cn1c(NC(=O)C(F)(F)F)n[nH]c1=O. The van der Waals surface area contributed by atoms with E-state index in [0.717, 1.165) is 0 Å². The quantitative estimate of drug-likeness (QED) is 0.649. The van der Waals surface area contributed by atoms with Crippen molar-refractivity contribution >= 4 is 17.8 Å². The molecule has 0 radical (unpaired) electrons. The van der Waals surface area contributed by atoms with Crippen LogP contribution in [0.15, 0.2) is 4.79 Å². The second-order valence-corrected chi connectivity index (χ2v) is 2.78. The molecule has 1 rings (SSSR count). The minimum Gasteiger partial charge on any atom is -0.480 e. The number of carboxylic acid groups (broad SMARTS) is 1. The number of aromatic nitrogens is 3. The van der Waals surface area contributed by atoms with E-state index in [4.69, 9.17) is 5.11 Å². The van der Waals surface area contributed by atoms with Crippen molar-refractivity contribution in [2.24, 2.45) is 0 Å². The molecule has 11 heteroatoms. The Kier molecular flexibility index (Phi) is 3.20. The number of aromatic amines is 1. The van der Waals surface area contributed by atoms with Gasteiger partial charge in [0, 0.05) is 0 Å². The Bertz CT molecular complexity index is 502. The molecule has 1 amide bonds. The molecular weight excluding hydrogens is 249 g/mol. The number of nitrogens with zero attached hydrogens (tertiary/aromatic N) is 2. The van der Waals surface area contributed by atoms with Crippen LogP contribution >= 0.6 is 0 Å². The summed E-state index contributed by atoms with van der Waals surface area (Å²) < 4.78 is 36.0. The highest BCUT2D eigenvalue weighted by Gasteiger charge is 2.39. The van der Waals surface area contributed by atoms with Crippen LogP contribution < -0.4 is 11.0 Å². The van der Waals surface area contributed by atoms with Gasteiger partial charge in [0.2, 0.25) is 5.95 Å². The zero-order valence-electron chi connectivity index (χ0n) is 7.91. The second-order valence-electron chi connectivity index (χ2n) is 2.78. The molecule has 1 heterocycles. The summed E-state index contributed by atoms with van der Waals surface area (Å²) >= 11 is 0. The number of carbonyl (C=O) groups is 2. The van der Waals surface area contributed by atoms with Crippen LogP contribution in [0.3, 0.4) is 0 Å². The third kappa shape index (κ3) is 3.06. The van der Waals surface area contributed by atoms with E-state index in [1.165, 1.54) is 5.32 Å². The zero-order chi connectivity index (χ0) is 13.2. The van der Waals surface area contributed by atoms with E-state index >= 15 is 0 Å². The first-order chi connectivity index (χ1) is 7.71. The molecule has 0 saturated heterocycles. The van der Waals surface area contributed by atoms with Crippen molar-refractivity contribution in [3.63, 3.8) is 0 Å². The summed E-state index contributed by atoms with van der Waals surface area (Å²) in [5, 5.41) is 14.4. The number of alkyl halides is 3. The van der Waals surface area contributed by atoms with Crippen LogP contribution in [0.2, 0.25) is 0 Å². The van der Waals surface area contributed by atoms with Gasteiger partial charge in [0.15, 0.2) is 0 Å². The molecule has 0 spiro atoms. The Hall–Kier alpha value is -2.33. The number of hydrogen-bond acceptors (Lipinski definition) is 4. The number of nitrogens with one attached hydrogen (secondary N) is 2. The van der Waals surface area contributed by atoms with Crippen molar-refractivity contribution in [1.29, 1.82) is 0 Å². The molecule has 3 N–H and O–H groups in total. The standard InChI is InChI=1S/C6H5F3N4O4/c7-6(8,9)3(16)10-4-11-12-5(17)13(4)1-2(14)15/h1H2,(H,12,17)(H,14,15)(H,10,11,16). The fraction of sp³-hybridized carbons (Fsp3) is 0.333. The summed E-state index contributed by atoms with van der Waals surface area (Å²) in [5.41, 5.74) is -1.05. The topological polar surface area (TPSA) is 117 Å². The molecule has 0 fully saturated rings. The first kappa shape index (κ1) is 12.7. The molecule has 8 nitrogen and oxygen atoms in total. The zero-order valence-corrected chi connectivity index (χ0v) is 7.91. The van der Waals surface area contributed by atoms with Gasteiger partial charge in [-0.2, -0.15) is 13.2 Å². The lowest BCUT2D eigenvalue weighted by Crippen LogP contribution is -2.32. The lowest BCUT2D eigenvalue weighted by atomic mass is 10.6. The van der Waals surface area contributed by atoms with Gasteiger partial charge in [-0.05, 0) is 0 Å². The molecule has 0 saturated carbocycles. The Morgan fingerprint density at radius 3 is 2.53 bits per heavy atom. The number of H-pyrrole nitrogens is 1. The number of carbonyl (C=O) groups excluding carboxylic acids is 1. The lowest BCUT2D eigenvalue weighted by molar-refractivity contribution is -0.167. The largest absolute Gasteiger partial charge is 0.480 e. The molecule has 0 aliphatic carbocycles. The van der Waals surface area contributed by atoms with Crippen LogP contribution in [0.5, 0.6) is 0 Å². The summed E-state index contributed by atoms with van der Waals surface area (Å²) in [4.78, 5) is 31.8. The Morgan fingerprint density at radius 2 is 2.06 bits per heavy atom. The molecule has 0 unspecified atom stereocenters. The molecule has 17 heavy (non-hydrogen) atoms. The van der Waals surface area contributed by atoms with Crippen LogP contribution in [0.25, 0.3) is 0 Å². The van der Waals surface area contributed by atoms with Crippen LogP contribution in [0.4, 0.5) is 19.1 Å². The molecular formula is C6H5F3N4O4. The maximum Gasteiger partial charge on any atom is 0.471 e. The number of amides is 1. The normalized spacial score (nSPS) is 11.2. The van der Waals surface area contributed by atoms with Gasteiger partial charge >= 0.3 is 23.7 Å². The van der Waals surface area contributed by atoms with Gasteiger partial charge < -0.3 is 5.11 Å². The smallest absolute Gasteiger partial charge is 0.471 e. The van der Waals surface area contributed by atoms with E-state index in [2.05, 4.69) is 5.10 Å². The second kappa shape index (κ2) is 4.27. The van der Waals surface area contributed by atoms with Crippen LogP contribution in [-0.4, -0.2) is 37.9 Å². The lowest BCUT2D eigenvalue weighted by Gasteiger charge is -2.07.